The Morgan fingerprint density at radius 3 is 2.93 bits per heavy atom. The quantitative estimate of drug-likeness (QED) is 0.624. The molecule has 0 radical (unpaired) electrons. The molecule has 0 spiro atoms. The highest BCUT2D eigenvalue weighted by molar-refractivity contribution is 9.10. The number of hydrogen-bond acceptors (Lipinski definition) is 0. The molecule has 14 heavy (non-hydrogen) atoms. The first-order chi connectivity index (χ1) is 6.75. The second-order valence-electron chi connectivity index (χ2n) is 3.68. The average Bonchev–Trinajstić information content (AvgIpc) is 2.45. The lowest BCUT2D eigenvalue weighted by atomic mass is 10.1. The van der Waals surface area contributed by atoms with Gasteiger partial charge in [-0.3, -0.25) is 0 Å². The van der Waals surface area contributed by atoms with Gasteiger partial charge in [0.05, 0.1) is 0 Å². The molecule has 0 aromatic heterocycles. The summed E-state index contributed by atoms with van der Waals surface area (Å²) in [6.45, 7) is 0. The van der Waals surface area contributed by atoms with Gasteiger partial charge in [0.25, 0.3) is 0 Å². The number of halogens is 2. The number of alkyl halides is 1. The van der Waals surface area contributed by atoms with Crippen LogP contribution in [-0.4, -0.2) is 0 Å². The summed E-state index contributed by atoms with van der Waals surface area (Å²) in [6.07, 6.45) is 1.11. The van der Waals surface area contributed by atoms with Crippen molar-refractivity contribution in [2.75, 3.05) is 0 Å². The molecule has 0 N–H and O–H groups in total. The molecular weight excluding hydrogens is 304 g/mol. The van der Waals surface area contributed by atoms with E-state index in [0.29, 0.717) is 4.83 Å². The predicted molar refractivity (Wildman–Crippen MR) is 67.0 cm³/mol. The Labute approximate surface area is 99.6 Å². The van der Waals surface area contributed by atoms with E-state index in [1.54, 1.807) is 0 Å². The van der Waals surface area contributed by atoms with Gasteiger partial charge in [0.2, 0.25) is 0 Å². The molecule has 1 aliphatic carbocycles. The molecule has 0 heterocycles. The standard InChI is InChI=1S/C12H8Br2/c13-9-4-7-2-1-3-8-5-11(14)10(6-9)12(7)8/h1-4,6,11H,5H2. The zero-order valence-electron chi connectivity index (χ0n) is 7.43. The third kappa shape index (κ3) is 1.17. The second kappa shape index (κ2) is 3.07. The van der Waals surface area contributed by atoms with Gasteiger partial charge in [-0.05, 0) is 40.5 Å². The summed E-state index contributed by atoms with van der Waals surface area (Å²) in [5.74, 6) is 0. The topological polar surface area (TPSA) is 0 Å². The van der Waals surface area contributed by atoms with Crippen molar-refractivity contribution in [3.05, 3.63) is 45.9 Å². The molecule has 0 bridgehead atoms. The number of hydrogen-bond donors (Lipinski definition) is 0. The molecular formula is C12H8Br2. The molecule has 0 fully saturated rings. The highest BCUT2D eigenvalue weighted by Crippen LogP contribution is 2.42. The first kappa shape index (κ1) is 8.93. The third-order valence-electron chi connectivity index (χ3n) is 2.80. The Hall–Kier alpha value is -0.340. The molecule has 1 unspecified atom stereocenters. The molecule has 0 aliphatic heterocycles. The van der Waals surface area contributed by atoms with E-state index >= 15 is 0 Å². The molecule has 2 aromatic carbocycles. The normalized spacial score (nSPS) is 19.1. The second-order valence-corrected chi connectivity index (χ2v) is 5.70. The van der Waals surface area contributed by atoms with Crippen molar-refractivity contribution in [1.82, 2.24) is 0 Å². The predicted octanol–water partition coefficient (Wildman–Crippen LogP) is 4.59. The zero-order valence-corrected chi connectivity index (χ0v) is 10.6. The van der Waals surface area contributed by atoms with Crippen LogP contribution < -0.4 is 0 Å². The summed E-state index contributed by atoms with van der Waals surface area (Å²) in [5.41, 5.74) is 2.89. The van der Waals surface area contributed by atoms with Crippen molar-refractivity contribution in [2.45, 2.75) is 11.2 Å². The van der Waals surface area contributed by atoms with E-state index in [-0.39, 0.29) is 0 Å². The first-order valence-corrected chi connectivity index (χ1v) is 6.32. The molecule has 0 saturated heterocycles. The minimum atomic E-state index is 0.486. The molecule has 70 valence electrons. The van der Waals surface area contributed by atoms with Crippen LogP contribution in [0.25, 0.3) is 10.8 Å². The van der Waals surface area contributed by atoms with Crippen LogP contribution in [0.2, 0.25) is 0 Å². The Kier molecular flexibility index (Phi) is 1.96. The van der Waals surface area contributed by atoms with Crippen LogP contribution in [0.1, 0.15) is 16.0 Å². The summed E-state index contributed by atoms with van der Waals surface area (Å²) in [7, 11) is 0. The lowest BCUT2D eigenvalue weighted by Gasteiger charge is -2.04. The van der Waals surface area contributed by atoms with Crippen molar-refractivity contribution < 1.29 is 0 Å². The van der Waals surface area contributed by atoms with Crippen LogP contribution in [0.3, 0.4) is 0 Å². The SMILES string of the molecule is Brc1cc2c3c(cccc3c1)CC2Br. The summed E-state index contributed by atoms with van der Waals surface area (Å²) >= 11 is 7.28. The third-order valence-corrected chi connectivity index (χ3v) is 4.07. The van der Waals surface area contributed by atoms with Crippen LogP contribution in [0.5, 0.6) is 0 Å². The number of rotatable bonds is 0. The van der Waals surface area contributed by atoms with Gasteiger partial charge in [-0.15, -0.1) is 0 Å². The fraction of sp³-hybridized carbons (Fsp3) is 0.167. The fourth-order valence-electron chi connectivity index (χ4n) is 2.22. The van der Waals surface area contributed by atoms with Gasteiger partial charge in [-0.1, -0.05) is 50.1 Å². The minimum absolute atomic E-state index is 0.486. The Bertz CT molecular complexity index is 517. The van der Waals surface area contributed by atoms with Gasteiger partial charge in [-0.25, -0.2) is 0 Å². The van der Waals surface area contributed by atoms with E-state index in [4.69, 9.17) is 0 Å². The monoisotopic (exact) mass is 310 g/mol. The van der Waals surface area contributed by atoms with Crippen molar-refractivity contribution in [3.8, 4) is 0 Å². The zero-order chi connectivity index (χ0) is 9.71. The molecule has 0 nitrogen and oxygen atoms in total. The molecule has 1 aliphatic rings. The van der Waals surface area contributed by atoms with Gasteiger partial charge >= 0.3 is 0 Å². The Balaban J connectivity index is 2.50. The van der Waals surface area contributed by atoms with Crippen molar-refractivity contribution in [3.63, 3.8) is 0 Å². The number of benzene rings is 2. The molecule has 3 rings (SSSR count). The maximum absolute atomic E-state index is 3.72. The van der Waals surface area contributed by atoms with Crippen LogP contribution in [0.15, 0.2) is 34.8 Å². The van der Waals surface area contributed by atoms with Crippen LogP contribution >= 0.6 is 31.9 Å². The van der Waals surface area contributed by atoms with Gasteiger partial charge in [-0.2, -0.15) is 0 Å². The summed E-state index contributed by atoms with van der Waals surface area (Å²) < 4.78 is 1.17. The smallest absolute Gasteiger partial charge is 0.0442 e. The largest absolute Gasteiger partial charge is 0.0835 e. The van der Waals surface area contributed by atoms with E-state index in [1.807, 2.05) is 0 Å². The highest BCUT2D eigenvalue weighted by atomic mass is 79.9. The minimum Gasteiger partial charge on any atom is -0.0835 e. The highest BCUT2D eigenvalue weighted by Gasteiger charge is 2.22. The van der Waals surface area contributed by atoms with E-state index in [9.17, 15) is 0 Å². The maximum Gasteiger partial charge on any atom is 0.0442 e. The van der Waals surface area contributed by atoms with Crippen molar-refractivity contribution >= 4 is 42.6 Å². The van der Waals surface area contributed by atoms with Crippen molar-refractivity contribution in [2.24, 2.45) is 0 Å². The maximum atomic E-state index is 3.72. The van der Waals surface area contributed by atoms with E-state index in [2.05, 4.69) is 62.2 Å². The van der Waals surface area contributed by atoms with E-state index < -0.39 is 0 Å². The van der Waals surface area contributed by atoms with E-state index in [1.165, 1.54) is 26.4 Å². The molecule has 2 heteroatoms. The molecule has 0 saturated carbocycles. The molecule has 2 aromatic rings. The Morgan fingerprint density at radius 2 is 2.07 bits per heavy atom. The lowest BCUT2D eigenvalue weighted by Crippen LogP contribution is -1.83. The summed E-state index contributed by atoms with van der Waals surface area (Å²) in [6, 6.07) is 10.9. The summed E-state index contributed by atoms with van der Waals surface area (Å²) in [4.78, 5) is 0.486. The van der Waals surface area contributed by atoms with Crippen LogP contribution in [0, 0.1) is 0 Å². The van der Waals surface area contributed by atoms with Crippen LogP contribution in [0.4, 0.5) is 0 Å². The van der Waals surface area contributed by atoms with Gasteiger partial charge in [0.1, 0.15) is 0 Å². The first-order valence-electron chi connectivity index (χ1n) is 4.61. The fourth-order valence-corrected chi connectivity index (χ4v) is 3.43. The lowest BCUT2D eigenvalue weighted by molar-refractivity contribution is 1.01. The van der Waals surface area contributed by atoms with Gasteiger partial charge in [0.15, 0.2) is 0 Å². The molecule has 0 amide bonds. The van der Waals surface area contributed by atoms with E-state index in [0.717, 1.165) is 6.42 Å². The van der Waals surface area contributed by atoms with Gasteiger partial charge < -0.3 is 0 Å². The Morgan fingerprint density at radius 1 is 1.21 bits per heavy atom. The van der Waals surface area contributed by atoms with Crippen LogP contribution in [-0.2, 0) is 6.42 Å². The van der Waals surface area contributed by atoms with Crippen molar-refractivity contribution in [1.29, 1.82) is 0 Å². The summed E-state index contributed by atoms with van der Waals surface area (Å²) in [5, 5.41) is 2.78. The molecule has 1 atom stereocenters. The average molecular weight is 312 g/mol. The van der Waals surface area contributed by atoms with Gasteiger partial charge in [0, 0.05) is 9.30 Å².